The first kappa shape index (κ1) is 18.8. The molecule has 0 saturated heterocycles. The van der Waals surface area contributed by atoms with E-state index in [-0.39, 0.29) is 25.8 Å². The maximum Gasteiger partial charge on any atom is 0.325 e. The van der Waals surface area contributed by atoms with Crippen LogP contribution in [0.5, 0.6) is 11.5 Å². The molecule has 4 rings (SSSR count). The van der Waals surface area contributed by atoms with Crippen molar-refractivity contribution in [3.8, 4) is 22.8 Å². The van der Waals surface area contributed by atoms with E-state index in [4.69, 9.17) is 30.2 Å². The van der Waals surface area contributed by atoms with Gasteiger partial charge in [0.05, 0.1) is 6.20 Å². The highest BCUT2D eigenvalue weighted by Crippen LogP contribution is 2.32. The Bertz CT molecular complexity index is 1050. The molecule has 1 aliphatic heterocycles. The number of oxazole rings is 1. The molecule has 1 aromatic heterocycles. The maximum absolute atomic E-state index is 12.2. The number of benzene rings is 2. The van der Waals surface area contributed by atoms with Crippen LogP contribution < -0.4 is 14.8 Å². The Morgan fingerprint density at radius 3 is 2.72 bits per heavy atom. The summed E-state index contributed by atoms with van der Waals surface area (Å²) >= 11 is 5.86. The van der Waals surface area contributed by atoms with Gasteiger partial charge < -0.3 is 23.9 Å². The molecule has 0 fully saturated rings. The fourth-order valence-electron chi connectivity index (χ4n) is 2.61. The van der Waals surface area contributed by atoms with Crippen LogP contribution in [0.1, 0.15) is 16.2 Å². The Morgan fingerprint density at radius 1 is 1.10 bits per heavy atom. The van der Waals surface area contributed by atoms with Gasteiger partial charge >= 0.3 is 5.97 Å². The van der Waals surface area contributed by atoms with Gasteiger partial charge in [0.2, 0.25) is 12.7 Å². The minimum absolute atomic E-state index is 0.118. The van der Waals surface area contributed by atoms with Crippen LogP contribution in [-0.2, 0) is 16.1 Å². The molecule has 9 heteroatoms. The third-order valence-corrected chi connectivity index (χ3v) is 4.32. The molecule has 0 bridgehead atoms. The monoisotopic (exact) mass is 414 g/mol. The molecule has 0 unspecified atom stereocenters. The third-order valence-electron chi connectivity index (χ3n) is 4.07. The average molecular weight is 415 g/mol. The van der Waals surface area contributed by atoms with Crippen molar-refractivity contribution in [1.29, 1.82) is 0 Å². The number of ether oxygens (including phenoxy) is 3. The molecular formula is C20H15ClN2O6. The Hall–Kier alpha value is -3.52. The SMILES string of the molecule is O=C(CNC(=O)c1ccc2c(c1)OCO2)OCc1ncc(-c2ccc(Cl)cc2)o1. The number of aromatic nitrogens is 1. The van der Waals surface area contributed by atoms with Crippen LogP contribution in [0.15, 0.2) is 53.1 Å². The van der Waals surface area contributed by atoms with Crippen LogP contribution in [0.4, 0.5) is 0 Å². The van der Waals surface area contributed by atoms with Crippen LogP contribution in [0.2, 0.25) is 5.02 Å². The summed E-state index contributed by atoms with van der Waals surface area (Å²) in [7, 11) is 0. The van der Waals surface area contributed by atoms with Crippen molar-refractivity contribution in [1.82, 2.24) is 10.3 Å². The second-order valence-electron chi connectivity index (χ2n) is 6.04. The Balaban J connectivity index is 1.26. The standard InChI is InChI=1S/C20H15ClN2O6/c21-14-4-1-12(2-5-14)17-8-22-18(29-17)10-26-19(24)9-23-20(25)13-3-6-15-16(7-13)28-11-27-15/h1-8H,9-11H2,(H,23,25). The van der Waals surface area contributed by atoms with Crippen molar-refractivity contribution < 1.29 is 28.2 Å². The normalized spacial score (nSPS) is 11.9. The second-order valence-corrected chi connectivity index (χ2v) is 6.47. The molecule has 0 saturated carbocycles. The van der Waals surface area contributed by atoms with E-state index in [1.807, 2.05) is 0 Å². The zero-order valence-corrected chi connectivity index (χ0v) is 15.8. The highest BCUT2D eigenvalue weighted by atomic mass is 35.5. The van der Waals surface area contributed by atoms with E-state index in [1.165, 1.54) is 6.20 Å². The summed E-state index contributed by atoms with van der Waals surface area (Å²) in [5, 5.41) is 3.11. The fraction of sp³-hybridized carbons (Fsp3) is 0.150. The van der Waals surface area contributed by atoms with Gasteiger partial charge in [0, 0.05) is 16.1 Å². The van der Waals surface area contributed by atoms with Crippen molar-refractivity contribution in [2.75, 3.05) is 13.3 Å². The first-order valence-corrected chi connectivity index (χ1v) is 9.00. The lowest BCUT2D eigenvalue weighted by molar-refractivity contribution is -0.144. The van der Waals surface area contributed by atoms with Crippen LogP contribution in [0.3, 0.4) is 0 Å². The predicted octanol–water partition coefficient (Wildman–Crippen LogP) is 3.20. The number of amides is 1. The highest BCUT2D eigenvalue weighted by Gasteiger charge is 2.17. The molecule has 0 radical (unpaired) electrons. The Morgan fingerprint density at radius 2 is 1.90 bits per heavy atom. The number of nitrogens with zero attached hydrogens (tertiary/aromatic N) is 1. The lowest BCUT2D eigenvalue weighted by atomic mass is 10.2. The van der Waals surface area contributed by atoms with Crippen molar-refractivity contribution in [2.45, 2.75) is 6.61 Å². The van der Waals surface area contributed by atoms with Gasteiger partial charge in [0.1, 0.15) is 6.54 Å². The fourth-order valence-corrected chi connectivity index (χ4v) is 2.74. The minimum atomic E-state index is -0.620. The van der Waals surface area contributed by atoms with E-state index in [0.717, 1.165) is 5.56 Å². The molecule has 1 amide bonds. The van der Waals surface area contributed by atoms with E-state index in [2.05, 4.69) is 10.3 Å². The lowest BCUT2D eigenvalue weighted by Crippen LogP contribution is -2.30. The van der Waals surface area contributed by atoms with Gasteiger partial charge in [-0.2, -0.15) is 0 Å². The number of carbonyl (C=O) groups excluding carboxylic acids is 2. The summed E-state index contributed by atoms with van der Waals surface area (Å²) in [6.07, 6.45) is 1.54. The van der Waals surface area contributed by atoms with Crippen molar-refractivity contribution in [3.05, 3.63) is 65.1 Å². The summed E-state index contributed by atoms with van der Waals surface area (Å²) in [4.78, 5) is 28.1. The molecule has 2 aromatic carbocycles. The van der Waals surface area contributed by atoms with Gasteiger partial charge in [-0.05, 0) is 42.5 Å². The number of hydrogen-bond donors (Lipinski definition) is 1. The highest BCUT2D eigenvalue weighted by molar-refractivity contribution is 6.30. The van der Waals surface area contributed by atoms with Crippen molar-refractivity contribution in [2.24, 2.45) is 0 Å². The molecule has 0 atom stereocenters. The second kappa shape index (κ2) is 8.24. The Labute approximate surface area is 170 Å². The van der Waals surface area contributed by atoms with E-state index in [1.54, 1.807) is 42.5 Å². The van der Waals surface area contributed by atoms with Crippen molar-refractivity contribution in [3.63, 3.8) is 0 Å². The van der Waals surface area contributed by atoms with Crippen LogP contribution in [-0.4, -0.2) is 30.2 Å². The van der Waals surface area contributed by atoms with Gasteiger partial charge in [-0.3, -0.25) is 9.59 Å². The zero-order chi connectivity index (χ0) is 20.2. The van der Waals surface area contributed by atoms with Gasteiger partial charge in [0.25, 0.3) is 5.91 Å². The number of hydrogen-bond acceptors (Lipinski definition) is 7. The topological polar surface area (TPSA) is 99.9 Å². The van der Waals surface area contributed by atoms with E-state index >= 15 is 0 Å². The molecular weight excluding hydrogens is 400 g/mol. The van der Waals surface area contributed by atoms with Gasteiger partial charge in [-0.15, -0.1) is 0 Å². The number of nitrogens with one attached hydrogen (secondary N) is 1. The molecule has 1 aliphatic rings. The van der Waals surface area contributed by atoms with E-state index in [9.17, 15) is 9.59 Å². The molecule has 8 nitrogen and oxygen atoms in total. The summed E-state index contributed by atoms with van der Waals surface area (Å²) in [5.41, 5.74) is 1.15. The maximum atomic E-state index is 12.2. The molecule has 3 aromatic rings. The number of fused-ring (bicyclic) bond motifs is 1. The summed E-state index contributed by atoms with van der Waals surface area (Å²) < 4.78 is 21.1. The summed E-state index contributed by atoms with van der Waals surface area (Å²) in [6.45, 7) is -0.322. The van der Waals surface area contributed by atoms with Crippen molar-refractivity contribution >= 4 is 23.5 Å². The van der Waals surface area contributed by atoms with Crippen LogP contribution in [0.25, 0.3) is 11.3 Å². The molecule has 1 N–H and O–H groups in total. The number of halogens is 1. The zero-order valence-electron chi connectivity index (χ0n) is 15.0. The number of esters is 1. The largest absolute Gasteiger partial charge is 0.454 e. The quantitative estimate of drug-likeness (QED) is 0.618. The Kier molecular flexibility index (Phi) is 5.35. The summed E-state index contributed by atoms with van der Waals surface area (Å²) in [6, 6.07) is 11.8. The number of carbonyl (C=O) groups is 2. The lowest BCUT2D eigenvalue weighted by Gasteiger charge is -2.06. The van der Waals surface area contributed by atoms with Gasteiger partial charge in [0.15, 0.2) is 23.9 Å². The molecule has 29 heavy (non-hydrogen) atoms. The molecule has 0 spiro atoms. The van der Waals surface area contributed by atoms with E-state index in [0.29, 0.717) is 27.8 Å². The first-order chi connectivity index (χ1) is 14.1. The van der Waals surface area contributed by atoms with Gasteiger partial charge in [-0.25, -0.2) is 4.98 Å². The average Bonchev–Trinajstić information content (AvgIpc) is 3.40. The summed E-state index contributed by atoms with van der Waals surface area (Å²) in [5.74, 6) is 0.784. The van der Waals surface area contributed by atoms with Crippen LogP contribution >= 0.6 is 11.6 Å². The van der Waals surface area contributed by atoms with Crippen LogP contribution in [0, 0.1) is 0 Å². The number of rotatable bonds is 6. The van der Waals surface area contributed by atoms with E-state index < -0.39 is 11.9 Å². The minimum Gasteiger partial charge on any atom is -0.454 e. The predicted molar refractivity (Wildman–Crippen MR) is 102 cm³/mol. The molecule has 0 aliphatic carbocycles. The molecule has 148 valence electrons. The smallest absolute Gasteiger partial charge is 0.325 e. The first-order valence-electron chi connectivity index (χ1n) is 8.62. The molecule has 2 heterocycles. The third kappa shape index (κ3) is 4.49. The van der Waals surface area contributed by atoms with Gasteiger partial charge in [-0.1, -0.05) is 11.6 Å².